The molecule has 4 rings (SSSR count). The van der Waals surface area contributed by atoms with E-state index in [2.05, 4.69) is 41.5 Å². The lowest BCUT2D eigenvalue weighted by molar-refractivity contribution is -0.133. The number of fused-ring (bicyclic) bond motifs is 1. The maximum absolute atomic E-state index is 12.8. The zero-order chi connectivity index (χ0) is 18.8. The van der Waals surface area contributed by atoms with Crippen LogP contribution >= 0.6 is 22.7 Å². The zero-order valence-corrected chi connectivity index (χ0v) is 17.5. The number of aryl methyl sites for hydroxylation is 1. The van der Waals surface area contributed by atoms with E-state index in [4.69, 9.17) is 4.98 Å². The topological polar surface area (TPSA) is 36.4 Å². The molecule has 0 bridgehead atoms. The maximum atomic E-state index is 12.8. The number of likely N-dealkylation sites (tertiary alicyclic amines) is 1. The van der Waals surface area contributed by atoms with Crippen molar-refractivity contribution in [2.24, 2.45) is 0 Å². The van der Waals surface area contributed by atoms with Crippen LogP contribution in [-0.4, -0.2) is 47.4 Å². The summed E-state index contributed by atoms with van der Waals surface area (Å²) in [5.74, 6) is 0.600. The molecule has 0 saturated carbocycles. The van der Waals surface area contributed by atoms with Crippen LogP contribution < -0.4 is 0 Å². The van der Waals surface area contributed by atoms with Gasteiger partial charge in [-0.25, -0.2) is 4.98 Å². The predicted molar refractivity (Wildman–Crippen MR) is 114 cm³/mol. The number of carbonyl (C=O) groups is 1. The Balaban J connectivity index is 1.38. The predicted octanol–water partition coefficient (Wildman–Crippen LogP) is 4.50. The second-order valence-corrected chi connectivity index (χ2v) is 9.46. The fraction of sp³-hybridized carbons (Fsp3) is 0.429. The monoisotopic (exact) mass is 399 g/mol. The van der Waals surface area contributed by atoms with Crippen molar-refractivity contribution in [3.63, 3.8) is 0 Å². The van der Waals surface area contributed by atoms with Crippen LogP contribution in [0, 0.1) is 6.92 Å². The summed E-state index contributed by atoms with van der Waals surface area (Å²) >= 11 is 3.54. The number of amides is 1. The van der Waals surface area contributed by atoms with Gasteiger partial charge >= 0.3 is 0 Å². The Kier molecular flexibility index (Phi) is 5.57. The molecule has 1 amide bonds. The van der Waals surface area contributed by atoms with Crippen LogP contribution in [0.3, 0.4) is 0 Å². The Morgan fingerprint density at radius 2 is 2.19 bits per heavy atom. The van der Waals surface area contributed by atoms with E-state index in [1.807, 2.05) is 18.0 Å². The number of hydrogen-bond acceptors (Lipinski definition) is 5. The van der Waals surface area contributed by atoms with E-state index in [1.54, 1.807) is 22.7 Å². The molecule has 0 aliphatic carbocycles. The second-order valence-electron chi connectivity index (χ2n) is 7.40. The third-order valence-corrected chi connectivity index (χ3v) is 7.43. The molecular weight excluding hydrogens is 374 g/mol. The minimum atomic E-state index is 0.234. The Morgan fingerprint density at radius 1 is 1.33 bits per heavy atom. The van der Waals surface area contributed by atoms with Gasteiger partial charge < -0.3 is 4.90 Å². The zero-order valence-electron chi connectivity index (χ0n) is 15.9. The van der Waals surface area contributed by atoms with E-state index in [1.165, 1.54) is 20.1 Å². The summed E-state index contributed by atoms with van der Waals surface area (Å²) in [6.07, 6.45) is 2.17. The van der Waals surface area contributed by atoms with Crippen molar-refractivity contribution in [1.82, 2.24) is 14.8 Å². The average Bonchev–Trinajstić information content (AvgIpc) is 3.28. The number of likely N-dealkylation sites (N-methyl/N-ethyl adjacent to an activating group) is 1. The van der Waals surface area contributed by atoms with Crippen molar-refractivity contribution in [3.8, 4) is 0 Å². The Labute approximate surface area is 168 Å². The molecule has 4 nitrogen and oxygen atoms in total. The molecule has 3 aromatic rings. The number of thiophene rings is 1. The number of rotatable bonds is 5. The fourth-order valence-electron chi connectivity index (χ4n) is 3.67. The quantitative estimate of drug-likeness (QED) is 0.634. The van der Waals surface area contributed by atoms with Gasteiger partial charge in [0.2, 0.25) is 5.91 Å². The molecule has 3 heterocycles. The molecule has 27 heavy (non-hydrogen) atoms. The number of thiazole rings is 1. The molecule has 1 saturated heterocycles. The third-order valence-electron chi connectivity index (χ3n) is 5.22. The molecule has 1 fully saturated rings. The van der Waals surface area contributed by atoms with Gasteiger partial charge in [-0.15, -0.1) is 22.7 Å². The van der Waals surface area contributed by atoms with Crippen LogP contribution in [0.15, 0.2) is 35.7 Å². The molecule has 2 aromatic heterocycles. The second kappa shape index (κ2) is 8.09. The highest BCUT2D eigenvalue weighted by atomic mass is 32.1. The number of aromatic nitrogens is 1. The van der Waals surface area contributed by atoms with Gasteiger partial charge in [0.15, 0.2) is 0 Å². The average molecular weight is 400 g/mol. The normalized spacial score (nSPS) is 17.7. The first-order chi connectivity index (χ1) is 13.1. The highest BCUT2D eigenvalue weighted by Crippen LogP contribution is 2.33. The first kappa shape index (κ1) is 18.6. The largest absolute Gasteiger partial charge is 0.341 e. The van der Waals surface area contributed by atoms with E-state index in [0.717, 1.165) is 38.0 Å². The number of carbonyl (C=O) groups excluding carboxylic acids is 1. The molecule has 142 valence electrons. The van der Waals surface area contributed by atoms with Crippen molar-refractivity contribution in [2.45, 2.75) is 32.2 Å². The van der Waals surface area contributed by atoms with Gasteiger partial charge in [-0.3, -0.25) is 9.69 Å². The first-order valence-corrected chi connectivity index (χ1v) is 11.1. The summed E-state index contributed by atoms with van der Waals surface area (Å²) in [6, 6.07) is 10.4. The number of benzene rings is 1. The van der Waals surface area contributed by atoms with Crippen LogP contribution in [0.1, 0.15) is 34.2 Å². The van der Waals surface area contributed by atoms with Crippen molar-refractivity contribution >= 4 is 38.8 Å². The standard InChI is InChI=1S/C21H25N3OS2/c1-15-9-11-26-19(15)13-23(2)14-20(25)24-10-5-6-16(12-24)21-22-17-7-3-4-8-18(17)27-21/h3-4,7-9,11,16H,5-6,10,12-14H2,1-2H3/t16-/m1/s1. The summed E-state index contributed by atoms with van der Waals surface area (Å²) in [6.45, 7) is 5.11. The molecule has 0 N–H and O–H groups in total. The molecule has 0 spiro atoms. The highest BCUT2D eigenvalue weighted by Gasteiger charge is 2.27. The molecule has 0 unspecified atom stereocenters. The van der Waals surface area contributed by atoms with Crippen molar-refractivity contribution in [3.05, 3.63) is 51.2 Å². The van der Waals surface area contributed by atoms with Crippen LogP contribution in [0.25, 0.3) is 10.2 Å². The van der Waals surface area contributed by atoms with Crippen molar-refractivity contribution in [2.75, 3.05) is 26.7 Å². The van der Waals surface area contributed by atoms with Gasteiger partial charge in [-0.05, 0) is 56.0 Å². The summed E-state index contributed by atoms with van der Waals surface area (Å²) in [5, 5.41) is 3.30. The van der Waals surface area contributed by atoms with Crippen LogP contribution in [0.2, 0.25) is 0 Å². The van der Waals surface area contributed by atoms with Gasteiger partial charge in [-0.1, -0.05) is 12.1 Å². The molecule has 1 aliphatic rings. The molecule has 1 atom stereocenters. The van der Waals surface area contributed by atoms with Gasteiger partial charge in [0.1, 0.15) is 0 Å². The van der Waals surface area contributed by atoms with E-state index in [0.29, 0.717) is 12.5 Å². The van der Waals surface area contributed by atoms with Crippen LogP contribution in [0.4, 0.5) is 0 Å². The van der Waals surface area contributed by atoms with Gasteiger partial charge in [-0.2, -0.15) is 0 Å². The molecular formula is C21H25N3OS2. The lowest BCUT2D eigenvalue weighted by Crippen LogP contribution is -2.43. The summed E-state index contributed by atoms with van der Waals surface area (Å²) in [7, 11) is 2.03. The summed E-state index contributed by atoms with van der Waals surface area (Å²) in [5.41, 5.74) is 2.39. The molecule has 1 aliphatic heterocycles. The Hall–Kier alpha value is -1.76. The lowest BCUT2D eigenvalue weighted by atomic mass is 9.98. The lowest BCUT2D eigenvalue weighted by Gasteiger charge is -2.33. The Morgan fingerprint density at radius 3 is 2.96 bits per heavy atom. The van der Waals surface area contributed by atoms with Crippen LogP contribution in [-0.2, 0) is 11.3 Å². The molecule has 1 aromatic carbocycles. The summed E-state index contributed by atoms with van der Waals surface area (Å²) < 4.78 is 1.24. The fourth-order valence-corrected chi connectivity index (χ4v) is 5.75. The smallest absolute Gasteiger partial charge is 0.236 e. The minimum absolute atomic E-state index is 0.234. The molecule has 0 radical (unpaired) electrons. The molecule has 6 heteroatoms. The van der Waals surface area contributed by atoms with Gasteiger partial charge in [0.05, 0.1) is 21.8 Å². The van der Waals surface area contributed by atoms with Gasteiger partial charge in [0.25, 0.3) is 0 Å². The number of piperidine rings is 1. The number of nitrogens with zero attached hydrogens (tertiary/aromatic N) is 3. The number of para-hydroxylation sites is 1. The van der Waals surface area contributed by atoms with Gasteiger partial charge in [0, 0.05) is 30.4 Å². The number of hydrogen-bond donors (Lipinski definition) is 0. The Bertz CT molecular complexity index is 899. The van der Waals surface area contributed by atoms with Crippen LogP contribution in [0.5, 0.6) is 0 Å². The van der Waals surface area contributed by atoms with Crippen molar-refractivity contribution < 1.29 is 4.79 Å². The third kappa shape index (κ3) is 4.23. The SMILES string of the molecule is Cc1ccsc1CN(C)CC(=O)N1CCC[C@@H](c2nc3ccccc3s2)C1. The summed E-state index contributed by atoms with van der Waals surface area (Å²) in [4.78, 5) is 23.2. The first-order valence-electron chi connectivity index (χ1n) is 9.45. The highest BCUT2D eigenvalue weighted by molar-refractivity contribution is 7.18. The van der Waals surface area contributed by atoms with E-state index >= 15 is 0 Å². The minimum Gasteiger partial charge on any atom is -0.341 e. The van der Waals surface area contributed by atoms with E-state index in [9.17, 15) is 4.79 Å². The van der Waals surface area contributed by atoms with Crippen molar-refractivity contribution in [1.29, 1.82) is 0 Å². The van der Waals surface area contributed by atoms with E-state index in [-0.39, 0.29) is 5.91 Å². The van der Waals surface area contributed by atoms with E-state index < -0.39 is 0 Å². The maximum Gasteiger partial charge on any atom is 0.236 e.